The minimum Gasteiger partial charge on any atom is -0.457 e. The summed E-state index contributed by atoms with van der Waals surface area (Å²) in [6.45, 7) is 2.97. The third-order valence-corrected chi connectivity index (χ3v) is 4.45. The number of carbonyl (C=O) groups is 1. The average molecular weight is 380 g/mol. The fourth-order valence-corrected chi connectivity index (χ4v) is 3.04. The molecule has 0 aromatic heterocycles. The van der Waals surface area contributed by atoms with Gasteiger partial charge in [-0.3, -0.25) is 4.79 Å². The van der Waals surface area contributed by atoms with Crippen LogP contribution < -0.4 is 0 Å². The minimum atomic E-state index is -1.32. The van der Waals surface area contributed by atoms with E-state index in [1.165, 1.54) is 6.92 Å². The lowest BCUT2D eigenvalue weighted by molar-refractivity contribution is -0.798. The van der Waals surface area contributed by atoms with E-state index in [-0.39, 0.29) is 26.1 Å². The van der Waals surface area contributed by atoms with Crippen LogP contribution in [0.1, 0.15) is 26.7 Å². The van der Waals surface area contributed by atoms with Crippen LogP contribution in [0, 0.1) is 20.2 Å². The molecule has 0 aromatic rings. The zero-order valence-electron chi connectivity index (χ0n) is 14.1. The van der Waals surface area contributed by atoms with Crippen LogP contribution >= 0.6 is 0 Å². The van der Waals surface area contributed by atoms with Crippen molar-refractivity contribution in [1.29, 1.82) is 0 Å². The Balaban J connectivity index is 1.88. The zero-order chi connectivity index (χ0) is 19.5. The summed E-state index contributed by atoms with van der Waals surface area (Å²) < 4.78 is 16.2. The molecule has 2 fully saturated rings. The highest BCUT2D eigenvalue weighted by Crippen LogP contribution is 2.39. The van der Waals surface area contributed by atoms with Gasteiger partial charge >= 0.3 is 5.97 Å². The van der Waals surface area contributed by atoms with Gasteiger partial charge in [0.2, 0.25) is 0 Å². The number of hydrogen-bond donors (Lipinski definition) is 1. The highest BCUT2D eigenvalue weighted by atomic mass is 17.0. The molecule has 0 aliphatic carbocycles. The second kappa shape index (κ2) is 7.97. The summed E-state index contributed by atoms with van der Waals surface area (Å²) in [5.41, 5.74) is -0.978. The van der Waals surface area contributed by atoms with Gasteiger partial charge in [0.1, 0.15) is 30.0 Å². The van der Waals surface area contributed by atoms with E-state index in [0.717, 1.165) is 0 Å². The third-order valence-electron chi connectivity index (χ3n) is 4.45. The molecule has 6 atom stereocenters. The van der Waals surface area contributed by atoms with Gasteiger partial charge in [0, 0.05) is 6.42 Å². The Morgan fingerprint density at radius 3 is 2.58 bits per heavy atom. The predicted octanol–water partition coefficient (Wildman–Crippen LogP) is -0.599. The summed E-state index contributed by atoms with van der Waals surface area (Å²) in [5, 5.41) is 28.4. The van der Waals surface area contributed by atoms with Crippen molar-refractivity contribution in [3.05, 3.63) is 20.2 Å². The van der Waals surface area contributed by atoms with Crippen molar-refractivity contribution in [1.82, 2.24) is 0 Å². The number of esters is 1. The number of hydrogen-bond acceptors (Lipinski definition) is 11. The van der Waals surface area contributed by atoms with Crippen LogP contribution in [0.2, 0.25) is 0 Å². The molecule has 2 aliphatic heterocycles. The normalized spacial score (nSPS) is 32.3. The number of fused-ring (bicyclic) bond motifs is 1. The van der Waals surface area contributed by atoms with Crippen molar-refractivity contribution in [3.63, 3.8) is 0 Å². The van der Waals surface area contributed by atoms with Gasteiger partial charge in [0.05, 0.1) is 13.2 Å². The first-order valence-corrected chi connectivity index (χ1v) is 7.89. The van der Waals surface area contributed by atoms with Crippen molar-refractivity contribution in [2.45, 2.75) is 62.8 Å². The van der Waals surface area contributed by atoms with E-state index in [1.807, 2.05) is 0 Å². The molecule has 2 saturated heterocycles. The SMILES string of the molecule is CC(O[N+](=O)[O-])C(CCC(=O)O[C@@H]1CO[C@@H]2[C@H](O)CO[C@@]21C)O[N+](=O)[O-]. The monoisotopic (exact) mass is 380 g/mol. The first kappa shape index (κ1) is 20.1. The lowest BCUT2D eigenvalue weighted by Crippen LogP contribution is -2.46. The summed E-state index contributed by atoms with van der Waals surface area (Å²) in [7, 11) is 0. The molecule has 1 N–H and O–H groups in total. The Morgan fingerprint density at radius 1 is 1.31 bits per heavy atom. The number of aliphatic hydroxyl groups is 1. The van der Waals surface area contributed by atoms with E-state index in [4.69, 9.17) is 14.2 Å². The Hall–Kier alpha value is -2.25. The van der Waals surface area contributed by atoms with Crippen molar-refractivity contribution in [2.75, 3.05) is 13.2 Å². The highest BCUT2D eigenvalue weighted by molar-refractivity contribution is 5.69. The van der Waals surface area contributed by atoms with Gasteiger partial charge in [-0.05, 0) is 20.3 Å². The van der Waals surface area contributed by atoms with Crippen LogP contribution in [0.4, 0.5) is 0 Å². The lowest BCUT2D eigenvalue weighted by Gasteiger charge is -2.28. The van der Waals surface area contributed by atoms with Gasteiger partial charge in [-0.2, -0.15) is 0 Å². The Labute approximate surface area is 147 Å². The molecule has 0 saturated carbocycles. The molecular weight excluding hydrogens is 360 g/mol. The highest BCUT2D eigenvalue weighted by Gasteiger charge is 2.58. The topological polar surface area (TPSA) is 170 Å². The van der Waals surface area contributed by atoms with E-state index in [0.29, 0.717) is 0 Å². The van der Waals surface area contributed by atoms with Gasteiger partial charge in [-0.25, -0.2) is 0 Å². The van der Waals surface area contributed by atoms with E-state index in [2.05, 4.69) is 9.68 Å². The fraction of sp³-hybridized carbons (Fsp3) is 0.923. The molecule has 2 unspecified atom stereocenters. The van der Waals surface area contributed by atoms with E-state index < -0.39 is 52.3 Å². The van der Waals surface area contributed by atoms with E-state index in [1.54, 1.807) is 6.92 Å². The van der Waals surface area contributed by atoms with Gasteiger partial charge in [-0.1, -0.05) is 0 Å². The molecule has 0 amide bonds. The smallest absolute Gasteiger partial charge is 0.306 e. The van der Waals surface area contributed by atoms with Crippen LogP contribution in [0.25, 0.3) is 0 Å². The summed E-state index contributed by atoms with van der Waals surface area (Å²) in [6.07, 6.45) is -5.29. The van der Waals surface area contributed by atoms with Crippen LogP contribution in [0.5, 0.6) is 0 Å². The van der Waals surface area contributed by atoms with Crippen LogP contribution in [-0.4, -0.2) is 70.6 Å². The molecule has 2 aliphatic rings. The predicted molar refractivity (Wildman–Crippen MR) is 78.6 cm³/mol. The number of nitrogens with zero attached hydrogens (tertiary/aromatic N) is 2. The zero-order valence-corrected chi connectivity index (χ0v) is 14.1. The quantitative estimate of drug-likeness (QED) is 0.308. The maximum atomic E-state index is 12.1. The average Bonchev–Trinajstić information content (AvgIpc) is 3.00. The lowest BCUT2D eigenvalue weighted by atomic mass is 9.94. The number of rotatable bonds is 9. The molecule has 0 aromatic carbocycles. The van der Waals surface area contributed by atoms with Gasteiger partial charge < -0.3 is 29.0 Å². The summed E-state index contributed by atoms with van der Waals surface area (Å²) in [5.74, 6) is -0.712. The molecule has 26 heavy (non-hydrogen) atoms. The Bertz CT molecular complexity index is 558. The third kappa shape index (κ3) is 4.47. The number of carbonyl (C=O) groups excluding carboxylic acids is 1. The van der Waals surface area contributed by atoms with Crippen molar-refractivity contribution < 1.29 is 44.0 Å². The largest absolute Gasteiger partial charge is 0.457 e. The van der Waals surface area contributed by atoms with Crippen LogP contribution in [0.3, 0.4) is 0 Å². The van der Waals surface area contributed by atoms with Gasteiger partial charge in [-0.15, -0.1) is 20.2 Å². The number of aliphatic hydroxyl groups excluding tert-OH is 1. The molecule has 13 heteroatoms. The van der Waals surface area contributed by atoms with Crippen molar-refractivity contribution in [2.24, 2.45) is 0 Å². The van der Waals surface area contributed by atoms with Gasteiger partial charge in [0.25, 0.3) is 10.2 Å². The van der Waals surface area contributed by atoms with Crippen molar-refractivity contribution in [3.8, 4) is 0 Å². The molecule has 2 heterocycles. The molecule has 0 spiro atoms. The standard InChI is InChI=1S/C13H20N2O11/c1-7(25-14(18)19)9(26-15(20)21)3-4-11(17)24-10-6-22-12-8(16)5-23-13(10,12)2/h7-10,12,16H,3-6H2,1-2H3/t7?,8-,9?,10-,12-,13-/m1/s1. The maximum Gasteiger partial charge on any atom is 0.306 e. The molecule has 0 bridgehead atoms. The van der Waals surface area contributed by atoms with E-state index >= 15 is 0 Å². The van der Waals surface area contributed by atoms with Crippen molar-refractivity contribution >= 4 is 5.97 Å². The van der Waals surface area contributed by atoms with Gasteiger partial charge in [0.15, 0.2) is 6.10 Å². The molecule has 0 radical (unpaired) electrons. The summed E-state index contributed by atoms with van der Waals surface area (Å²) >= 11 is 0. The van der Waals surface area contributed by atoms with Crippen LogP contribution in [0.15, 0.2) is 0 Å². The molecular formula is C13H20N2O11. The molecule has 2 rings (SSSR count). The second-order valence-electron chi connectivity index (χ2n) is 6.23. The Morgan fingerprint density at radius 2 is 1.96 bits per heavy atom. The fourth-order valence-electron chi connectivity index (χ4n) is 3.04. The van der Waals surface area contributed by atoms with Crippen LogP contribution in [-0.2, 0) is 28.7 Å². The summed E-state index contributed by atoms with van der Waals surface area (Å²) in [6, 6.07) is 0. The second-order valence-corrected chi connectivity index (χ2v) is 6.23. The first-order valence-electron chi connectivity index (χ1n) is 7.89. The first-order chi connectivity index (χ1) is 12.1. The maximum absolute atomic E-state index is 12.1. The minimum absolute atomic E-state index is 0.0413. The molecule has 13 nitrogen and oxygen atoms in total. The Kier molecular flexibility index (Phi) is 6.15. The van der Waals surface area contributed by atoms with E-state index in [9.17, 15) is 30.1 Å². The molecule has 148 valence electrons. The number of ether oxygens (including phenoxy) is 3. The summed E-state index contributed by atoms with van der Waals surface area (Å²) in [4.78, 5) is 41.5.